The number of carbonyl (C=O) groups excluding carboxylic acids is 2. The predicted octanol–water partition coefficient (Wildman–Crippen LogP) is 8.40. The van der Waals surface area contributed by atoms with Crippen LogP contribution in [0.25, 0.3) is 16.3 Å². The SMILES string of the molecule is Cc1cc(O)c2c(c1)C(=O)c1c(c3cc4c(nccc14)NCC(O)C14CC5(CCCC5)C5C#CCC6CCCC7CCc8[nH]cnc8C67c6cc(c([nH]6)C6=CC7(O3)OC3(C6=C1CC1(CCC6(CCCC6)C1)C3O)C(O)C(O)C7O)C54)C2=O. The van der Waals surface area contributed by atoms with E-state index in [1.54, 1.807) is 37.4 Å². The molecule has 0 amide bonds. The lowest BCUT2D eigenvalue weighted by molar-refractivity contribution is -0.366. The molecule has 15 heteroatoms. The van der Waals surface area contributed by atoms with Crippen LogP contribution in [-0.4, -0.2) is 111 Å². The van der Waals surface area contributed by atoms with Crippen molar-refractivity contribution in [1.82, 2.24) is 19.9 Å². The van der Waals surface area contributed by atoms with Crippen molar-refractivity contribution in [2.75, 3.05) is 11.9 Å². The first kappa shape index (κ1) is 49.3. The van der Waals surface area contributed by atoms with Gasteiger partial charge in [-0.05, 0) is 172 Å². The number of phenolic OH excluding ortho intramolecular Hbond substituents is 1. The van der Waals surface area contributed by atoms with Gasteiger partial charge in [0.05, 0.1) is 40.8 Å². The van der Waals surface area contributed by atoms with Gasteiger partial charge in [0.2, 0.25) is 5.78 Å². The Balaban J connectivity index is 0.995. The van der Waals surface area contributed by atoms with Crippen LogP contribution in [0.4, 0.5) is 5.82 Å². The van der Waals surface area contributed by atoms with Gasteiger partial charge in [-0.2, -0.15) is 0 Å². The number of phenols is 1. The minimum atomic E-state index is -2.48. The number of nitrogens with zero attached hydrogens (tertiary/aromatic N) is 2. The molecular formula is C67H69N5O10. The van der Waals surface area contributed by atoms with Crippen molar-refractivity contribution in [3.63, 3.8) is 0 Å². The first-order chi connectivity index (χ1) is 39.6. The summed E-state index contributed by atoms with van der Waals surface area (Å²) in [4.78, 5) is 48.7. The predicted molar refractivity (Wildman–Crippen MR) is 300 cm³/mol. The third-order valence-corrected chi connectivity index (χ3v) is 24.8. The molecule has 9 N–H and O–H groups in total. The molecule has 2 aromatic carbocycles. The fourth-order valence-electron chi connectivity index (χ4n) is 21.8. The number of ether oxygens (including phenoxy) is 2. The number of pyridine rings is 1. The molecule has 1 saturated heterocycles. The first-order valence-electron chi connectivity index (χ1n) is 30.8. The quantitative estimate of drug-likeness (QED) is 0.0650. The van der Waals surface area contributed by atoms with E-state index in [1.807, 2.05) is 6.33 Å². The number of aromatic amines is 2. The highest BCUT2D eigenvalue weighted by Gasteiger charge is 2.78. The standard InChI is InChI=1S/C67H69N5O10/c1-32-22-37-47(43(73)23-32)54(76)49-44-24-36-35(48(49)53(37)75)14-21-68-59(36)69-28-46(74)64-30-62(17-4-5-18-62)40-11-7-10-33-8-6-9-34-12-13-42-56(71-31-70-42)66(33,34)45-25-38(50(40)64)52(72-45)39-26-65(81-44)57(78)55(77)58(79)67(82-65)51(39)41(64)27-63(60(67)80)20-19-61(29-63)15-2-3-16-61/h14,21-26,31,33-34,40,46,50,55,57-58,60,72-74,77-80H,2-6,8-10,12-13,15-20,27-30H2,1H3,(H,68,69)(H,70,71). The number of aliphatic hydroxyl groups is 5. The molecule has 14 unspecified atom stereocenters. The summed E-state index contributed by atoms with van der Waals surface area (Å²) in [6, 6.07) is 8.69. The highest BCUT2D eigenvalue weighted by atomic mass is 16.7. The molecule has 14 atom stereocenters. The molecule has 19 rings (SSSR count). The zero-order valence-electron chi connectivity index (χ0n) is 46.2. The van der Waals surface area contributed by atoms with Crippen molar-refractivity contribution < 1.29 is 49.7 Å². The Bertz CT molecular complexity index is 3890. The van der Waals surface area contributed by atoms with Crippen molar-refractivity contribution in [3.8, 4) is 23.3 Å². The number of benzene rings is 2. The number of aromatic hydroxyl groups is 1. The molecule has 5 saturated carbocycles. The van der Waals surface area contributed by atoms with E-state index in [0.717, 1.165) is 118 Å². The fourth-order valence-corrected chi connectivity index (χ4v) is 21.8. The van der Waals surface area contributed by atoms with Crippen LogP contribution in [0.5, 0.6) is 11.5 Å². The molecule has 10 bridgehead atoms. The monoisotopic (exact) mass is 1100 g/mol. The Kier molecular flexibility index (Phi) is 9.62. The molecule has 10 aliphatic carbocycles. The normalized spacial score (nSPS) is 39.7. The zero-order valence-corrected chi connectivity index (χ0v) is 46.2. The van der Waals surface area contributed by atoms with Crippen LogP contribution in [0.2, 0.25) is 0 Å². The van der Waals surface area contributed by atoms with Crippen molar-refractivity contribution in [2.24, 2.45) is 39.4 Å². The number of fused-ring (bicyclic) bond motifs is 8. The Hall–Kier alpha value is -6.12. The minimum absolute atomic E-state index is 0.00880. The molecule has 6 fully saturated rings. The summed E-state index contributed by atoms with van der Waals surface area (Å²) in [5, 5.41) is 84.6. The third-order valence-electron chi connectivity index (χ3n) is 24.8. The van der Waals surface area contributed by atoms with Gasteiger partial charge in [-0.3, -0.25) is 9.59 Å². The smallest absolute Gasteiger partial charge is 0.261 e. The summed E-state index contributed by atoms with van der Waals surface area (Å²) < 4.78 is 15.1. The molecule has 4 aliphatic heterocycles. The number of aliphatic hydroxyl groups excluding tert-OH is 5. The average molecular weight is 1100 g/mol. The van der Waals surface area contributed by atoms with Crippen molar-refractivity contribution in [2.45, 2.75) is 182 Å². The molecule has 5 aromatic rings. The second kappa shape index (κ2) is 16.0. The van der Waals surface area contributed by atoms with E-state index in [-0.39, 0.29) is 68.9 Å². The summed E-state index contributed by atoms with van der Waals surface area (Å²) >= 11 is 0. The molecule has 7 heterocycles. The second-order valence-electron chi connectivity index (χ2n) is 28.2. The fraction of sp³-hybridized carbons (Fsp3) is 0.552. The van der Waals surface area contributed by atoms with E-state index >= 15 is 9.59 Å². The van der Waals surface area contributed by atoms with Gasteiger partial charge < -0.3 is 55.4 Å². The molecule has 14 aliphatic rings. The first-order valence-corrected chi connectivity index (χ1v) is 30.8. The van der Waals surface area contributed by atoms with Gasteiger partial charge >= 0.3 is 0 Å². The number of hydrogen-bond acceptors (Lipinski definition) is 13. The van der Waals surface area contributed by atoms with Crippen LogP contribution in [0, 0.1) is 58.2 Å². The van der Waals surface area contributed by atoms with Crippen LogP contribution in [0.1, 0.15) is 187 Å². The zero-order chi connectivity index (χ0) is 55.4. The van der Waals surface area contributed by atoms with Crippen molar-refractivity contribution >= 4 is 33.7 Å². The lowest BCUT2D eigenvalue weighted by Crippen LogP contribution is -2.79. The highest BCUT2D eigenvalue weighted by Crippen LogP contribution is 2.78. The van der Waals surface area contributed by atoms with Gasteiger partial charge in [0.1, 0.15) is 29.5 Å². The van der Waals surface area contributed by atoms with Crippen LogP contribution in [0.15, 0.2) is 60.1 Å². The minimum Gasteiger partial charge on any atom is -0.507 e. The molecule has 422 valence electrons. The van der Waals surface area contributed by atoms with E-state index in [1.165, 1.54) is 6.07 Å². The maximum atomic E-state index is 15.5. The summed E-state index contributed by atoms with van der Waals surface area (Å²) in [5.41, 5.74) is 1.70. The van der Waals surface area contributed by atoms with E-state index in [9.17, 15) is 30.6 Å². The maximum absolute atomic E-state index is 15.5. The summed E-state index contributed by atoms with van der Waals surface area (Å²) in [6.07, 6.45) is 13.2. The number of aromatic nitrogens is 4. The van der Waals surface area contributed by atoms with Crippen molar-refractivity contribution in [3.05, 3.63) is 116 Å². The van der Waals surface area contributed by atoms with Crippen LogP contribution in [-0.2, 0) is 16.6 Å². The topological polar surface area (TPSA) is 243 Å². The van der Waals surface area contributed by atoms with E-state index < -0.39 is 75.6 Å². The second-order valence-corrected chi connectivity index (χ2v) is 28.2. The number of ketones is 2. The van der Waals surface area contributed by atoms with Crippen LogP contribution in [0.3, 0.4) is 0 Å². The number of carbonyl (C=O) groups is 2. The Morgan fingerprint density at radius 3 is 2.46 bits per heavy atom. The molecule has 3 aromatic heterocycles. The Morgan fingerprint density at radius 1 is 0.805 bits per heavy atom. The van der Waals surface area contributed by atoms with E-state index in [0.29, 0.717) is 71.1 Å². The number of anilines is 1. The highest BCUT2D eigenvalue weighted by molar-refractivity contribution is 6.34. The Morgan fingerprint density at radius 2 is 1.62 bits per heavy atom. The van der Waals surface area contributed by atoms with Crippen molar-refractivity contribution in [1.29, 1.82) is 0 Å². The third kappa shape index (κ3) is 5.64. The average Bonchev–Trinajstić information content (AvgIpc) is 2.47. The molecule has 82 heavy (non-hydrogen) atoms. The number of hydrogen-bond donors (Lipinski definition) is 9. The number of imidazole rings is 1. The molecule has 15 nitrogen and oxygen atoms in total. The van der Waals surface area contributed by atoms with Crippen LogP contribution < -0.4 is 10.1 Å². The number of rotatable bonds is 0. The van der Waals surface area contributed by atoms with E-state index in [2.05, 4.69) is 33.2 Å². The van der Waals surface area contributed by atoms with Gasteiger partial charge in [0.25, 0.3) is 5.79 Å². The number of aryl methyl sites for hydroxylation is 2. The van der Waals surface area contributed by atoms with Gasteiger partial charge in [0.15, 0.2) is 17.5 Å². The number of nitrogens with one attached hydrogen (secondary N) is 3. The van der Waals surface area contributed by atoms with E-state index in [4.69, 9.17) is 19.4 Å². The largest absolute Gasteiger partial charge is 0.507 e. The summed E-state index contributed by atoms with van der Waals surface area (Å²) in [5.74, 6) is 3.80. The van der Waals surface area contributed by atoms with Gasteiger partial charge in [-0.25, -0.2) is 9.97 Å². The van der Waals surface area contributed by atoms with Crippen LogP contribution >= 0.6 is 0 Å². The summed E-state index contributed by atoms with van der Waals surface area (Å²) in [6.45, 7) is 1.73. The molecule has 7 spiro atoms. The van der Waals surface area contributed by atoms with Gasteiger partial charge in [-0.15, -0.1) is 5.92 Å². The number of H-pyrrole nitrogens is 2. The summed E-state index contributed by atoms with van der Waals surface area (Å²) in [7, 11) is 0. The maximum Gasteiger partial charge on any atom is 0.261 e. The molecule has 0 radical (unpaired) electrons. The Labute approximate surface area is 474 Å². The molecular weight excluding hydrogens is 1030 g/mol. The lowest BCUT2D eigenvalue weighted by atomic mass is 9.50. The lowest BCUT2D eigenvalue weighted by Gasteiger charge is -2.64. The van der Waals surface area contributed by atoms with Gasteiger partial charge in [-0.1, -0.05) is 43.6 Å². The van der Waals surface area contributed by atoms with Gasteiger partial charge in [0, 0.05) is 81.0 Å².